The molecule has 0 aliphatic heterocycles. The van der Waals surface area contributed by atoms with E-state index in [1.54, 1.807) is 13.1 Å². The van der Waals surface area contributed by atoms with Crippen LogP contribution in [0.5, 0.6) is 0 Å². The monoisotopic (exact) mass is 373 g/mol. The molecular weight excluding hydrogens is 353 g/mol. The lowest BCUT2D eigenvalue weighted by molar-refractivity contribution is -0.129. The highest BCUT2D eigenvalue weighted by Gasteiger charge is 2.21. The van der Waals surface area contributed by atoms with E-state index in [1.165, 1.54) is 35.3 Å². The van der Waals surface area contributed by atoms with E-state index in [4.69, 9.17) is 0 Å². The van der Waals surface area contributed by atoms with Crippen LogP contribution in [-0.2, 0) is 9.59 Å². The van der Waals surface area contributed by atoms with Crippen LogP contribution < -0.4 is 5.32 Å². The lowest BCUT2D eigenvalue weighted by atomic mass is 10.1. The van der Waals surface area contributed by atoms with Gasteiger partial charge in [-0.15, -0.1) is 0 Å². The summed E-state index contributed by atoms with van der Waals surface area (Å²) in [5.41, 5.74) is 0.762. The van der Waals surface area contributed by atoms with Crippen molar-refractivity contribution in [3.63, 3.8) is 0 Å². The number of thiazole rings is 1. The molecule has 0 bridgehead atoms. The topological polar surface area (TPSA) is 62.3 Å². The summed E-state index contributed by atoms with van der Waals surface area (Å²) in [5, 5.41) is 5.07. The van der Waals surface area contributed by atoms with Gasteiger partial charge in [0.05, 0.1) is 16.1 Å². The number of amides is 2. The Kier molecular flexibility index (Phi) is 5.18. The zero-order valence-electron chi connectivity index (χ0n) is 14.9. The van der Waals surface area contributed by atoms with Gasteiger partial charge >= 0.3 is 0 Å². The third-order valence-corrected chi connectivity index (χ3v) is 5.48. The van der Waals surface area contributed by atoms with Crippen molar-refractivity contribution in [2.45, 2.75) is 20.3 Å². The molecule has 1 N–H and O–H groups in total. The zero-order valence-corrected chi connectivity index (χ0v) is 15.7. The van der Waals surface area contributed by atoms with Gasteiger partial charge in [0.1, 0.15) is 5.82 Å². The second kappa shape index (κ2) is 7.37. The molecule has 3 aromatic rings. The van der Waals surface area contributed by atoms with Gasteiger partial charge in [0.2, 0.25) is 11.8 Å². The molecule has 0 saturated heterocycles. The predicted molar refractivity (Wildman–Crippen MR) is 103 cm³/mol. The molecule has 2 amide bonds. The van der Waals surface area contributed by atoms with Crippen LogP contribution in [0.4, 0.5) is 9.52 Å². The number of anilines is 1. The molecule has 5 nitrogen and oxygen atoms in total. The smallest absolute Gasteiger partial charge is 0.231 e. The minimum atomic E-state index is -0.304. The molecule has 1 aromatic heterocycles. The van der Waals surface area contributed by atoms with Gasteiger partial charge in [-0.2, -0.15) is 0 Å². The Morgan fingerprint density at radius 3 is 2.77 bits per heavy atom. The minimum Gasteiger partial charge on any atom is -0.345 e. The van der Waals surface area contributed by atoms with E-state index in [0.29, 0.717) is 18.1 Å². The van der Waals surface area contributed by atoms with Crippen LogP contribution in [-0.4, -0.2) is 35.3 Å². The third-order valence-electron chi connectivity index (χ3n) is 4.46. The van der Waals surface area contributed by atoms with Crippen LogP contribution in [0.3, 0.4) is 0 Å². The Bertz CT molecular complexity index is 985. The molecular formula is C19H20FN3O2S. The van der Waals surface area contributed by atoms with Crippen molar-refractivity contribution >= 4 is 49.3 Å². The van der Waals surface area contributed by atoms with Gasteiger partial charge < -0.3 is 10.2 Å². The van der Waals surface area contributed by atoms with Crippen molar-refractivity contribution in [2.75, 3.05) is 18.9 Å². The molecule has 0 saturated carbocycles. The fraction of sp³-hybridized carbons (Fsp3) is 0.316. The number of rotatable bonds is 5. The summed E-state index contributed by atoms with van der Waals surface area (Å²) in [4.78, 5) is 30.0. The summed E-state index contributed by atoms with van der Waals surface area (Å²) in [6.45, 7) is 3.76. The molecule has 0 fully saturated rings. The Morgan fingerprint density at radius 1 is 1.31 bits per heavy atom. The fourth-order valence-electron chi connectivity index (χ4n) is 2.80. The Labute approximate surface area is 154 Å². The molecule has 1 heterocycles. The van der Waals surface area contributed by atoms with E-state index in [2.05, 4.69) is 10.3 Å². The average molecular weight is 373 g/mol. The van der Waals surface area contributed by atoms with Crippen molar-refractivity contribution in [1.29, 1.82) is 0 Å². The molecule has 3 rings (SSSR count). The van der Waals surface area contributed by atoms with Crippen molar-refractivity contribution in [2.24, 2.45) is 5.92 Å². The summed E-state index contributed by atoms with van der Waals surface area (Å²) in [6, 6.07) is 8.28. The molecule has 0 aliphatic rings. The number of nitrogens with one attached hydrogen (secondary N) is 1. The van der Waals surface area contributed by atoms with Crippen LogP contribution in [0.2, 0.25) is 0 Å². The van der Waals surface area contributed by atoms with Crippen LogP contribution in [0.15, 0.2) is 30.3 Å². The number of nitrogens with zero attached hydrogens (tertiary/aromatic N) is 2. The molecule has 2 aromatic carbocycles. The van der Waals surface area contributed by atoms with Crippen molar-refractivity contribution in [3.8, 4) is 0 Å². The number of halogens is 1. The fourth-order valence-corrected chi connectivity index (χ4v) is 3.81. The Hall–Kier alpha value is -2.54. The molecule has 1 unspecified atom stereocenters. The first-order chi connectivity index (χ1) is 12.4. The second-order valence-electron chi connectivity index (χ2n) is 6.29. The molecule has 136 valence electrons. The average Bonchev–Trinajstić information content (AvgIpc) is 3.01. The number of benzene rings is 2. The second-order valence-corrected chi connectivity index (χ2v) is 7.29. The van der Waals surface area contributed by atoms with Crippen LogP contribution in [0.25, 0.3) is 21.0 Å². The third kappa shape index (κ3) is 3.67. The number of hydrogen-bond donors (Lipinski definition) is 1. The van der Waals surface area contributed by atoms with Gasteiger partial charge in [-0.25, -0.2) is 9.37 Å². The van der Waals surface area contributed by atoms with Crippen molar-refractivity contribution in [1.82, 2.24) is 9.88 Å². The van der Waals surface area contributed by atoms with Crippen LogP contribution >= 0.6 is 11.3 Å². The normalized spacial score (nSPS) is 12.3. The molecule has 7 heteroatoms. The zero-order chi connectivity index (χ0) is 18.8. The first kappa shape index (κ1) is 18.3. The van der Waals surface area contributed by atoms with Gasteiger partial charge in [-0.3, -0.25) is 9.59 Å². The van der Waals surface area contributed by atoms with E-state index in [-0.39, 0.29) is 23.5 Å². The first-order valence-corrected chi connectivity index (χ1v) is 9.22. The summed E-state index contributed by atoms with van der Waals surface area (Å²) in [7, 11) is 1.68. The quantitative estimate of drug-likeness (QED) is 0.734. The van der Waals surface area contributed by atoms with Gasteiger partial charge in [0.25, 0.3) is 0 Å². The first-order valence-electron chi connectivity index (χ1n) is 8.40. The van der Waals surface area contributed by atoms with Gasteiger partial charge in [-0.05, 0) is 36.1 Å². The largest absolute Gasteiger partial charge is 0.345 e. The van der Waals surface area contributed by atoms with Gasteiger partial charge in [0.15, 0.2) is 5.13 Å². The predicted octanol–water partition coefficient (Wildman–Crippen LogP) is 4.03. The number of aromatic nitrogens is 1. The molecule has 1 atom stereocenters. The van der Waals surface area contributed by atoms with Crippen LogP contribution in [0, 0.1) is 11.7 Å². The Balaban J connectivity index is 1.85. The highest BCUT2D eigenvalue weighted by atomic mass is 32.1. The number of carbonyl (C=O) groups is 2. The summed E-state index contributed by atoms with van der Waals surface area (Å²) >= 11 is 1.37. The lowest BCUT2D eigenvalue weighted by Crippen LogP contribution is -2.35. The maximum absolute atomic E-state index is 13.4. The SMILES string of the molecule is CCC(CN(C)C(C)=O)C(=O)Nc1nc2ccc3cc(F)ccc3c2s1. The van der Waals surface area contributed by atoms with Gasteiger partial charge in [0, 0.05) is 25.9 Å². The van der Waals surface area contributed by atoms with Crippen LogP contribution in [0.1, 0.15) is 20.3 Å². The summed E-state index contributed by atoms with van der Waals surface area (Å²) in [6.07, 6.45) is 0.622. The molecule has 0 aliphatic carbocycles. The maximum Gasteiger partial charge on any atom is 0.231 e. The van der Waals surface area contributed by atoms with Crippen molar-refractivity contribution in [3.05, 3.63) is 36.1 Å². The lowest BCUT2D eigenvalue weighted by Gasteiger charge is -2.21. The van der Waals surface area contributed by atoms with Crippen molar-refractivity contribution < 1.29 is 14.0 Å². The van der Waals surface area contributed by atoms with Gasteiger partial charge in [-0.1, -0.05) is 24.3 Å². The summed E-state index contributed by atoms with van der Waals surface area (Å²) < 4.78 is 14.3. The summed E-state index contributed by atoms with van der Waals surface area (Å²) in [5.74, 6) is -0.818. The number of hydrogen-bond acceptors (Lipinski definition) is 4. The van der Waals surface area contributed by atoms with E-state index in [9.17, 15) is 14.0 Å². The van der Waals surface area contributed by atoms with E-state index in [1.807, 2.05) is 19.1 Å². The highest BCUT2D eigenvalue weighted by Crippen LogP contribution is 2.33. The molecule has 26 heavy (non-hydrogen) atoms. The highest BCUT2D eigenvalue weighted by molar-refractivity contribution is 7.23. The number of fused-ring (bicyclic) bond motifs is 3. The maximum atomic E-state index is 13.4. The standard InChI is InChI=1S/C19H20FN3O2S/c1-4-12(10-23(3)11(2)24)18(25)22-19-21-16-8-5-13-9-14(20)6-7-15(13)17(16)26-19/h5-9,12H,4,10H2,1-3H3,(H,21,22,25). The minimum absolute atomic E-state index is 0.0741. The van der Waals surface area contributed by atoms with E-state index >= 15 is 0 Å². The Morgan fingerprint density at radius 2 is 2.08 bits per heavy atom. The number of carbonyl (C=O) groups excluding carboxylic acids is 2. The van der Waals surface area contributed by atoms with E-state index in [0.717, 1.165) is 21.0 Å². The molecule has 0 radical (unpaired) electrons. The van der Waals surface area contributed by atoms with E-state index < -0.39 is 0 Å². The molecule has 0 spiro atoms.